The molecule has 0 amide bonds. The number of hydrogen-bond donors (Lipinski definition) is 0. The van der Waals surface area contributed by atoms with Gasteiger partial charge in [-0.3, -0.25) is 4.79 Å². The van der Waals surface area contributed by atoms with Gasteiger partial charge in [0.2, 0.25) is 0 Å². The molecule has 0 spiro atoms. The topological polar surface area (TPSA) is 31.2 Å². The largest absolute Gasteiger partial charge is 0.376 e. The van der Waals surface area contributed by atoms with E-state index < -0.39 is 0 Å². The Bertz CT molecular complexity index is 369. The van der Waals surface area contributed by atoms with Crippen LogP contribution in [0.3, 0.4) is 0 Å². The predicted molar refractivity (Wildman–Crippen MR) is 57.4 cm³/mol. The van der Waals surface area contributed by atoms with Crippen LogP contribution in [0.25, 0.3) is 0 Å². The van der Waals surface area contributed by atoms with Crippen molar-refractivity contribution in [3.8, 4) is 0 Å². The van der Waals surface area contributed by atoms with Gasteiger partial charge in [-0.25, -0.2) is 0 Å². The van der Waals surface area contributed by atoms with E-state index in [9.17, 15) is 4.79 Å². The van der Waals surface area contributed by atoms with Crippen LogP contribution in [0.15, 0.2) is 27.6 Å². The summed E-state index contributed by atoms with van der Waals surface area (Å²) in [4.78, 5) is 11.6. The second-order valence-electron chi connectivity index (χ2n) is 3.45. The molecule has 0 aromatic carbocycles. The van der Waals surface area contributed by atoms with Crippen LogP contribution >= 0.6 is 15.9 Å². The molecule has 1 aliphatic heterocycles. The molecule has 0 radical (unpaired) electrons. The number of halogens is 1. The molecule has 0 saturated carbocycles. The van der Waals surface area contributed by atoms with Crippen LogP contribution in [-0.2, 0) is 11.3 Å². The molecule has 1 aliphatic rings. The molecule has 1 saturated heterocycles. The minimum atomic E-state index is 0.0167. The lowest BCUT2D eigenvalue weighted by atomic mass is 10.2. The summed E-state index contributed by atoms with van der Waals surface area (Å²) in [7, 11) is 0. The Morgan fingerprint density at radius 3 is 3.21 bits per heavy atom. The summed E-state index contributed by atoms with van der Waals surface area (Å²) >= 11 is 3.22. The zero-order valence-electron chi connectivity index (χ0n) is 7.78. The van der Waals surface area contributed by atoms with Crippen molar-refractivity contribution >= 4 is 15.9 Å². The van der Waals surface area contributed by atoms with Gasteiger partial charge in [0, 0.05) is 12.8 Å². The number of pyridine rings is 1. The first kappa shape index (κ1) is 9.93. The standard InChI is InChI=1S/C10H12BrNO2/c11-9-4-1-5-12(10(9)13)7-8-3-2-6-14-8/h1,4-5,8H,2-3,6-7H2. The van der Waals surface area contributed by atoms with Crippen molar-refractivity contribution in [3.05, 3.63) is 33.2 Å². The van der Waals surface area contributed by atoms with Crippen LogP contribution in [0.5, 0.6) is 0 Å². The van der Waals surface area contributed by atoms with Gasteiger partial charge in [-0.1, -0.05) is 0 Å². The highest BCUT2D eigenvalue weighted by molar-refractivity contribution is 9.10. The molecule has 4 heteroatoms. The Morgan fingerprint density at radius 1 is 1.64 bits per heavy atom. The SMILES string of the molecule is O=c1c(Br)cccn1CC1CCCO1. The lowest BCUT2D eigenvalue weighted by Gasteiger charge is -2.11. The van der Waals surface area contributed by atoms with Crippen LogP contribution in [0.4, 0.5) is 0 Å². The number of rotatable bonds is 2. The molecule has 14 heavy (non-hydrogen) atoms. The molecule has 3 nitrogen and oxygen atoms in total. The monoisotopic (exact) mass is 257 g/mol. The average Bonchev–Trinajstić information content (AvgIpc) is 2.66. The Hall–Kier alpha value is -0.610. The number of hydrogen-bond acceptors (Lipinski definition) is 2. The van der Waals surface area contributed by atoms with E-state index in [-0.39, 0.29) is 11.7 Å². The van der Waals surface area contributed by atoms with Crippen molar-refractivity contribution in [2.24, 2.45) is 0 Å². The fourth-order valence-corrected chi connectivity index (χ4v) is 2.04. The Balaban J connectivity index is 2.16. The fourth-order valence-electron chi connectivity index (χ4n) is 1.66. The van der Waals surface area contributed by atoms with E-state index in [1.54, 1.807) is 16.8 Å². The molecule has 76 valence electrons. The highest BCUT2D eigenvalue weighted by Gasteiger charge is 2.16. The zero-order chi connectivity index (χ0) is 9.97. The van der Waals surface area contributed by atoms with E-state index in [4.69, 9.17) is 4.74 Å². The second kappa shape index (κ2) is 4.28. The average molecular weight is 258 g/mol. The number of nitrogens with zero attached hydrogens (tertiary/aromatic N) is 1. The smallest absolute Gasteiger partial charge is 0.264 e. The van der Waals surface area contributed by atoms with Gasteiger partial charge in [0.15, 0.2) is 0 Å². The highest BCUT2D eigenvalue weighted by atomic mass is 79.9. The van der Waals surface area contributed by atoms with Crippen molar-refractivity contribution in [2.75, 3.05) is 6.61 Å². The summed E-state index contributed by atoms with van der Waals surface area (Å²) in [5.74, 6) is 0. The highest BCUT2D eigenvalue weighted by Crippen LogP contribution is 2.13. The van der Waals surface area contributed by atoms with E-state index in [2.05, 4.69) is 15.9 Å². The molecule has 1 fully saturated rings. The first-order valence-corrected chi connectivity index (χ1v) is 5.53. The molecule has 1 aromatic rings. The summed E-state index contributed by atoms with van der Waals surface area (Å²) in [5.41, 5.74) is 0.0167. The summed E-state index contributed by atoms with van der Waals surface area (Å²) in [5, 5.41) is 0. The summed E-state index contributed by atoms with van der Waals surface area (Å²) in [6, 6.07) is 3.62. The predicted octanol–water partition coefficient (Wildman–Crippen LogP) is 1.79. The normalized spacial score (nSPS) is 21.4. The molecule has 2 rings (SSSR count). The molecular formula is C10H12BrNO2. The van der Waals surface area contributed by atoms with E-state index in [1.807, 2.05) is 6.07 Å². The fraction of sp³-hybridized carbons (Fsp3) is 0.500. The van der Waals surface area contributed by atoms with Crippen molar-refractivity contribution in [3.63, 3.8) is 0 Å². The summed E-state index contributed by atoms with van der Waals surface area (Å²) in [6.45, 7) is 1.49. The minimum absolute atomic E-state index is 0.0167. The van der Waals surface area contributed by atoms with E-state index in [0.29, 0.717) is 11.0 Å². The van der Waals surface area contributed by atoms with Gasteiger partial charge >= 0.3 is 0 Å². The van der Waals surface area contributed by atoms with Gasteiger partial charge in [0.05, 0.1) is 17.1 Å². The number of ether oxygens (including phenoxy) is 1. The van der Waals surface area contributed by atoms with Crippen LogP contribution < -0.4 is 5.56 Å². The molecule has 2 heterocycles. The minimum Gasteiger partial charge on any atom is -0.376 e. The van der Waals surface area contributed by atoms with E-state index in [1.165, 1.54) is 0 Å². The molecule has 0 N–H and O–H groups in total. The third-order valence-electron chi connectivity index (χ3n) is 2.40. The Labute approximate surface area is 90.8 Å². The maximum atomic E-state index is 11.6. The quantitative estimate of drug-likeness (QED) is 0.809. The van der Waals surface area contributed by atoms with Gasteiger partial charge in [-0.05, 0) is 40.9 Å². The van der Waals surface area contributed by atoms with Gasteiger partial charge in [-0.15, -0.1) is 0 Å². The van der Waals surface area contributed by atoms with Crippen LogP contribution in [-0.4, -0.2) is 17.3 Å². The molecule has 0 aliphatic carbocycles. The third kappa shape index (κ3) is 2.07. The van der Waals surface area contributed by atoms with Gasteiger partial charge in [0.25, 0.3) is 5.56 Å². The van der Waals surface area contributed by atoms with E-state index >= 15 is 0 Å². The summed E-state index contributed by atoms with van der Waals surface area (Å²) in [6.07, 6.45) is 4.17. The Kier molecular flexibility index (Phi) is 3.03. The molecule has 0 bridgehead atoms. The maximum absolute atomic E-state index is 11.6. The van der Waals surface area contributed by atoms with Crippen molar-refractivity contribution in [1.29, 1.82) is 0 Å². The van der Waals surface area contributed by atoms with Crippen molar-refractivity contribution in [1.82, 2.24) is 4.57 Å². The third-order valence-corrected chi connectivity index (χ3v) is 3.00. The van der Waals surface area contributed by atoms with Gasteiger partial charge in [-0.2, -0.15) is 0 Å². The summed E-state index contributed by atoms with van der Waals surface area (Å²) < 4.78 is 7.78. The molecule has 1 atom stereocenters. The molecule has 1 aromatic heterocycles. The zero-order valence-corrected chi connectivity index (χ0v) is 9.37. The van der Waals surface area contributed by atoms with Gasteiger partial charge in [0.1, 0.15) is 0 Å². The lowest BCUT2D eigenvalue weighted by molar-refractivity contribution is 0.0961. The number of aromatic nitrogens is 1. The maximum Gasteiger partial charge on any atom is 0.264 e. The van der Waals surface area contributed by atoms with E-state index in [0.717, 1.165) is 19.4 Å². The molecular weight excluding hydrogens is 246 g/mol. The Morgan fingerprint density at radius 2 is 2.50 bits per heavy atom. The van der Waals surface area contributed by atoms with Crippen molar-refractivity contribution in [2.45, 2.75) is 25.5 Å². The molecule has 1 unspecified atom stereocenters. The van der Waals surface area contributed by atoms with Crippen LogP contribution in [0, 0.1) is 0 Å². The van der Waals surface area contributed by atoms with Crippen LogP contribution in [0.1, 0.15) is 12.8 Å². The second-order valence-corrected chi connectivity index (χ2v) is 4.30. The first-order valence-electron chi connectivity index (χ1n) is 4.74. The lowest BCUT2D eigenvalue weighted by Crippen LogP contribution is -2.25. The van der Waals surface area contributed by atoms with Gasteiger partial charge < -0.3 is 9.30 Å². The van der Waals surface area contributed by atoms with Crippen molar-refractivity contribution < 1.29 is 4.74 Å². The first-order chi connectivity index (χ1) is 6.77. The van der Waals surface area contributed by atoms with Crippen LogP contribution in [0.2, 0.25) is 0 Å².